The van der Waals surface area contributed by atoms with Crippen LogP contribution in [-0.2, 0) is 0 Å². The average Bonchev–Trinajstić information content (AvgIpc) is 2.96. The minimum atomic E-state index is 0.817. The second kappa shape index (κ2) is 5.74. The fourth-order valence-electron chi connectivity index (χ4n) is 2.77. The van der Waals surface area contributed by atoms with Gasteiger partial charge in [-0.05, 0) is 42.5 Å². The summed E-state index contributed by atoms with van der Waals surface area (Å²) in [6, 6.07) is 26.9. The van der Waals surface area contributed by atoms with Crippen LogP contribution in [0.5, 0.6) is 0 Å². The number of aromatic nitrogens is 1. The van der Waals surface area contributed by atoms with Gasteiger partial charge in [0.05, 0.1) is 0 Å². The van der Waals surface area contributed by atoms with E-state index in [9.17, 15) is 0 Å². The fraction of sp³-hybridized carbons (Fsp3) is 0. The van der Waals surface area contributed by atoms with Gasteiger partial charge in [-0.3, -0.25) is 0 Å². The molecule has 0 spiro atoms. The molecule has 0 aliphatic rings. The summed E-state index contributed by atoms with van der Waals surface area (Å²) in [6.45, 7) is 0. The lowest BCUT2D eigenvalue weighted by Crippen LogP contribution is -2.09. The minimum Gasteiger partial charge on any atom is -0.447 e. The van der Waals surface area contributed by atoms with Crippen molar-refractivity contribution in [2.45, 2.75) is 0 Å². The average molecular weight is 316 g/mol. The highest BCUT2D eigenvalue weighted by atomic mass is 28.1. The number of benzene rings is 3. The molecule has 0 saturated heterocycles. The molecule has 4 heteroatoms. The van der Waals surface area contributed by atoms with Crippen molar-refractivity contribution in [3.05, 3.63) is 78.9 Å². The van der Waals surface area contributed by atoms with Crippen LogP contribution < -0.4 is 10.4 Å². The molecule has 3 aromatic carbocycles. The molecular formula is C19H16N2OSi. The van der Waals surface area contributed by atoms with E-state index < -0.39 is 0 Å². The summed E-state index contributed by atoms with van der Waals surface area (Å²) in [6.07, 6.45) is 0. The molecule has 4 rings (SSSR count). The van der Waals surface area contributed by atoms with Crippen LogP contribution in [0.4, 0.5) is 17.1 Å². The van der Waals surface area contributed by atoms with Crippen molar-refractivity contribution in [1.29, 1.82) is 0 Å². The quantitative estimate of drug-likeness (QED) is 0.543. The molecule has 0 amide bonds. The minimum absolute atomic E-state index is 0.817. The first-order valence-corrected chi connectivity index (χ1v) is 8.59. The van der Waals surface area contributed by atoms with Gasteiger partial charge in [-0.2, -0.15) is 0 Å². The zero-order valence-corrected chi connectivity index (χ0v) is 14.8. The van der Waals surface area contributed by atoms with Crippen LogP contribution in [-0.4, -0.2) is 15.2 Å². The maximum Gasteiger partial charge on any atom is 0.156 e. The van der Waals surface area contributed by atoms with Crippen LogP contribution in [0.3, 0.4) is 0 Å². The van der Waals surface area contributed by atoms with Crippen LogP contribution in [0.1, 0.15) is 0 Å². The number of fused-ring (bicyclic) bond motifs is 1. The second-order valence-corrected chi connectivity index (χ2v) is 6.25. The summed E-state index contributed by atoms with van der Waals surface area (Å²) < 4.78 is 5.65. The smallest absolute Gasteiger partial charge is 0.156 e. The number of anilines is 3. The van der Waals surface area contributed by atoms with E-state index in [-0.39, 0.29) is 0 Å². The lowest BCUT2D eigenvalue weighted by Gasteiger charge is -2.25. The van der Waals surface area contributed by atoms with Gasteiger partial charge in [-0.25, -0.2) is 4.98 Å². The summed E-state index contributed by atoms with van der Waals surface area (Å²) in [5.41, 5.74) is 5.89. The molecule has 23 heavy (non-hydrogen) atoms. The number of para-hydroxylation sites is 2. The third-order valence-corrected chi connectivity index (χ3v) is 4.19. The fourth-order valence-corrected chi connectivity index (χ4v) is 3.23. The van der Waals surface area contributed by atoms with Crippen molar-refractivity contribution in [2.75, 3.05) is 4.90 Å². The molecule has 3 nitrogen and oxygen atoms in total. The van der Waals surface area contributed by atoms with Crippen LogP contribution in [0, 0.1) is 0 Å². The lowest BCUT2D eigenvalue weighted by atomic mass is 10.2. The molecule has 1 aromatic heterocycles. The van der Waals surface area contributed by atoms with Gasteiger partial charge in [0.25, 0.3) is 0 Å². The van der Waals surface area contributed by atoms with Crippen molar-refractivity contribution in [3.8, 4) is 0 Å². The van der Waals surface area contributed by atoms with E-state index in [0.29, 0.717) is 0 Å². The zero-order chi connectivity index (χ0) is 15.6. The van der Waals surface area contributed by atoms with Crippen molar-refractivity contribution in [2.24, 2.45) is 0 Å². The highest BCUT2D eigenvalue weighted by Crippen LogP contribution is 2.35. The highest BCUT2D eigenvalue weighted by Gasteiger charge is 2.13. The van der Waals surface area contributed by atoms with Crippen LogP contribution in [0.2, 0.25) is 0 Å². The van der Waals surface area contributed by atoms with Gasteiger partial charge in [-0.1, -0.05) is 36.4 Å². The predicted octanol–water partition coefficient (Wildman–Crippen LogP) is 3.29. The number of oxazole rings is 1. The van der Waals surface area contributed by atoms with Crippen LogP contribution in [0.15, 0.2) is 83.3 Å². The third kappa shape index (κ3) is 2.64. The van der Waals surface area contributed by atoms with E-state index in [1.54, 1.807) is 0 Å². The van der Waals surface area contributed by atoms with Gasteiger partial charge >= 0.3 is 0 Å². The Hall–Kier alpha value is -2.85. The molecular weight excluding hydrogens is 300 g/mol. The molecule has 0 aliphatic carbocycles. The summed E-state index contributed by atoms with van der Waals surface area (Å²) in [5, 5.41) is 0. The summed E-state index contributed by atoms with van der Waals surface area (Å²) >= 11 is 0. The molecule has 0 bridgehead atoms. The van der Waals surface area contributed by atoms with Gasteiger partial charge in [0, 0.05) is 17.1 Å². The summed E-state index contributed by atoms with van der Waals surface area (Å²) in [7, 11) is 0.817. The molecule has 0 saturated carbocycles. The Morgan fingerprint density at radius 2 is 1.35 bits per heavy atom. The van der Waals surface area contributed by atoms with E-state index in [1.165, 1.54) is 0 Å². The van der Waals surface area contributed by atoms with Gasteiger partial charge in [0.15, 0.2) is 11.1 Å². The maximum atomic E-state index is 5.65. The molecule has 0 fully saturated rings. The monoisotopic (exact) mass is 316 g/mol. The zero-order valence-electron chi connectivity index (χ0n) is 12.8. The van der Waals surface area contributed by atoms with Gasteiger partial charge in [0.1, 0.15) is 15.8 Å². The number of nitrogens with zero attached hydrogens (tertiary/aromatic N) is 2. The Balaban J connectivity index is 1.89. The van der Waals surface area contributed by atoms with Gasteiger partial charge in [-0.15, -0.1) is 0 Å². The molecule has 0 N–H and O–H groups in total. The maximum absolute atomic E-state index is 5.65. The molecule has 0 atom stereocenters. The SMILES string of the molecule is [SiH3]c1nc2cc(N(c3ccccc3)c3ccccc3)ccc2o1. The first-order valence-electron chi connectivity index (χ1n) is 7.59. The first-order chi connectivity index (χ1) is 11.3. The van der Waals surface area contributed by atoms with Crippen molar-refractivity contribution in [1.82, 2.24) is 4.98 Å². The van der Waals surface area contributed by atoms with Crippen molar-refractivity contribution in [3.63, 3.8) is 0 Å². The standard InChI is InChI=1S/C19H16N2OSi/c23-19-20-17-13-16(11-12-18(17)22-19)21(14-7-3-1-4-8-14)15-9-5-2-6-10-15/h1-13H,23H3. The Labute approximate surface area is 137 Å². The van der Waals surface area contributed by atoms with E-state index in [0.717, 1.165) is 43.9 Å². The predicted molar refractivity (Wildman–Crippen MR) is 98.3 cm³/mol. The van der Waals surface area contributed by atoms with Crippen LogP contribution >= 0.6 is 0 Å². The molecule has 0 unspecified atom stereocenters. The lowest BCUT2D eigenvalue weighted by molar-refractivity contribution is 0.644. The molecule has 0 aliphatic heterocycles. The van der Waals surface area contributed by atoms with Crippen molar-refractivity contribution >= 4 is 43.9 Å². The number of hydrogen-bond donors (Lipinski definition) is 0. The van der Waals surface area contributed by atoms with E-state index >= 15 is 0 Å². The molecule has 1 heterocycles. The Kier molecular flexibility index (Phi) is 3.44. The van der Waals surface area contributed by atoms with E-state index in [2.05, 4.69) is 70.5 Å². The normalized spacial score (nSPS) is 11.0. The molecule has 0 radical (unpaired) electrons. The molecule has 112 valence electrons. The highest BCUT2D eigenvalue weighted by molar-refractivity contribution is 6.28. The number of hydrogen-bond acceptors (Lipinski definition) is 3. The first kappa shape index (κ1) is 13.8. The largest absolute Gasteiger partial charge is 0.447 e. The topological polar surface area (TPSA) is 29.3 Å². The van der Waals surface area contributed by atoms with Crippen LogP contribution in [0.25, 0.3) is 11.1 Å². The second-order valence-electron chi connectivity index (χ2n) is 5.39. The van der Waals surface area contributed by atoms with Gasteiger partial charge in [0.2, 0.25) is 0 Å². The van der Waals surface area contributed by atoms with E-state index in [4.69, 9.17) is 4.42 Å². The van der Waals surface area contributed by atoms with Gasteiger partial charge < -0.3 is 9.32 Å². The van der Waals surface area contributed by atoms with Crippen molar-refractivity contribution < 1.29 is 4.42 Å². The Morgan fingerprint density at radius 3 is 1.96 bits per heavy atom. The third-order valence-electron chi connectivity index (χ3n) is 3.77. The Morgan fingerprint density at radius 1 is 0.739 bits per heavy atom. The van der Waals surface area contributed by atoms with E-state index in [1.807, 2.05) is 18.2 Å². The molecule has 4 aromatic rings. The Bertz CT molecular complexity index is 896. The summed E-state index contributed by atoms with van der Waals surface area (Å²) in [4.78, 5) is 6.74. The number of rotatable bonds is 3. The summed E-state index contributed by atoms with van der Waals surface area (Å²) in [5.74, 6) is 0.